The number of nitrogens with zero attached hydrogens (tertiary/aromatic N) is 5. The predicted octanol–water partition coefficient (Wildman–Crippen LogP) is 18.2. The number of halogens is 6. The van der Waals surface area contributed by atoms with Crippen molar-refractivity contribution < 1.29 is 93.9 Å². The van der Waals surface area contributed by atoms with Gasteiger partial charge in [-0.05, 0) is 146 Å². The number of aliphatic hydroxyl groups is 2. The lowest BCUT2D eigenvalue weighted by Gasteiger charge is -2.10. The van der Waals surface area contributed by atoms with Crippen molar-refractivity contribution in [1.29, 1.82) is 0 Å². The van der Waals surface area contributed by atoms with Gasteiger partial charge in [0.15, 0.2) is 69.5 Å². The summed E-state index contributed by atoms with van der Waals surface area (Å²) in [5.74, 6) is 4.68. The van der Waals surface area contributed by atoms with Gasteiger partial charge in [0.25, 0.3) is 0 Å². The van der Waals surface area contributed by atoms with Crippen LogP contribution in [0, 0.1) is 34.6 Å². The van der Waals surface area contributed by atoms with Crippen LogP contribution in [0.4, 0.5) is 22.0 Å². The van der Waals surface area contributed by atoms with E-state index < -0.39 is 45.4 Å². The predicted molar refractivity (Wildman–Crippen MR) is 404 cm³/mol. The Kier molecular flexibility index (Phi) is 35.4. The topological polar surface area (TPSA) is 241 Å². The Morgan fingerprint density at radius 2 is 0.752 bits per heavy atom. The van der Waals surface area contributed by atoms with Crippen LogP contribution in [-0.2, 0) is 11.3 Å². The van der Waals surface area contributed by atoms with Crippen LogP contribution in [0.25, 0.3) is 52.9 Å². The average Bonchev–Trinajstić information content (AvgIpc) is 1.22. The van der Waals surface area contributed by atoms with Crippen LogP contribution in [0.3, 0.4) is 0 Å². The third-order valence-corrected chi connectivity index (χ3v) is 19.8. The van der Waals surface area contributed by atoms with Gasteiger partial charge in [0, 0.05) is 52.2 Å². The lowest BCUT2D eigenvalue weighted by Crippen LogP contribution is -2.06. The summed E-state index contributed by atoms with van der Waals surface area (Å²) < 4.78 is 119. The summed E-state index contributed by atoms with van der Waals surface area (Å²) in [7, 11) is 7.67. The van der Waals surface area contributed by atoms with E-state index in [4.69, 9.17) is 63.7 Å². The van der Waals surface area contributed by atoms with Crippen molar-refractivity contribution in [1.82, 2.24) is 24.9 Å². The molecular formula is C74H83ClF5N5O15S5. The Morgan fingerprint density at radius 1 is 0.448 bits per heavy atom. The highest BCUT2D eigenvalue weighted by molar-refractivity contribution is 7.16. The smallest absolute Gasteiger partial charge is 0.358 e. The van der Waals surface area contributed by atoms with E-state index in [1.807, 2.05) is 77.9 Å². The lowest BCUT2D eigenvalue weighted by atomic mass is 10.2. The summed E-state index contributed by atoms with van der Waals surface area (Å²) in [6, 6.07) is 26.9. The van der Waals surface area contributed by atoms with Crippen LogP contribution in [-0.4, -0.2) is 156 Å². The van der Waals surface area contributed by atoms with Gasteiger partial charge in [-0.1, -0.05) is 0 Å². The zero-order chi connectivity index (χ0) is 76.7. The van der Waals surface area contributed by atoms with E-state index in [-0.39, 0.29) is 45.0 Å². The van der Waals surface area contributed by atoms with Crippen LogP contribution in [0.15, 0.2) is 91.0 Å². The molecule has 0 saturated heterocycles. The zero-order valence-electron chi connectivity index (χ0n) is 60.1. The minimum Gasteiger partial charge on any atom is -0.493 e. The van der Waals surface area contributed by atoms with E-state index in [0.29, 0.717) is 91.9 Å². The number of methoxy groups -OCH3 is 5. The van der Waals surface area contributed by atoms with Crippen molar-refractivity contribution in [3.8, 4) is 110 Å². The van der Waals surface area contributed by atoms with Crippen LogP contribution in [0.2, 0.25) is 0 Å². The first-order valence-electron chi connectivity index (χ1n) is 32.4. The SMILES string of the molecule is CCOC(=O)c1nc(-c2ccc(OC)c(OCCF)c2)sc1C.COc1ccc(-c2nc(C(C)Cl)c(C)s2)cc1OCCF.COc1ccc(-c2nc(C(C)O)c(C)s2)cc1OCCF.COc1ccc(-c2nc(C=O)c(C)s2)cc1OCCF.COc1ccc(-c2nc(CO)c(C)s2)cc1OCCF. The number of ether oxygens (including phenoxy) is 11. The molecule has 31 heteroatoms. The van der Waals surface area contributed by atoms with Crippen molar-refractivity contribution >= 4 is 80.5 Å². The number of esters is 1. The van der Waals surface area contributed by atoms with E-state index in [0.717, 1.165) is 84.2 Å². The van der Waals surface area contributed by atoms with Crippen LogP contribution < -0.4 is 47.4 Å². The molecule has 0 saturated carbocycles. The number of alkyl halides is 6. The normalized spacial score (nSPS) is 11.2. The molecule has 0 aliphatic carbocycles. The van der Waals surface area contributed by atoms with Gasteiger partial charge in [-0.3, -0.25) is 4.79 Å². The standard InChI is InChI=1S/C16H18FNO4S.C15H17ClFNO2S.C15H18FNO3S.C14H16FNO3S.C14H14FNO3S/c1-4-21-16(19)14-10(2)23-15(18-14)11-5-6-12(20-3)13(9-11)22-8-7-17;1-9(16)14-10(2)21-15(18-14)11-4-5-12(19-3)13(8-11)20-7-6-17;1-9(18)14-10(2)21-15(17-14)11-4-5-12(19-3)13(8-11)20-7-6-16;2*1-9-11(8-17)16-14(20-9)10-3-4-12(18-2)13(7-10)19-6-5-15/h5-6,9H,4,7-8H2,1-3H3;4-5,8-9H,6-7H2,1-3H3;4-5,8-9,18H,6-7H2,1-3H3;3-4,7,17H,5-6,8H2,1-2H3;3-4,7-8H,5-6H2,1-2H3. The molecule has 10 aromatic rings. The van der Waals surface area contributed by atoms with E-state index in [2.05, 4.69) is 24.9 Å². The van der Waals surface area contributed by atoms with Gasteiger partial charge in [-0.25, -0.2) is 51.7 Å². The molecule has 0 radical (unpaired) electrons. The second kappa shape index (κ2) is 43.6. The van der Waals surface area contributed by atoms with Crippen molar-refractivity contribution in [2.45, 2.75) is 73.5 Å². The number of carbonyl (C=O) groups is 2. The Hall–Kier alpha value is -8.75. The molecule has 5 heterocycles. The Balaban J connectivity index is 0.000000206. The van der Waals surface area contributed by atoms with Gasteiger partial charge < -0.3 is 62.3 Å². The third kappa shape index (κ3) is 24.1. The largest absolute Gasteiger partial charge is 0.493 e. The number of aliphatic hydroxyl groups excluding tert-OH is 2. The molecule has 105 heavy (non-hydrogen) atoms. The number of aromatic nitrogens is 5. The Labute approximate surface area is 631 Å². The molecule has 10 rings (SSSR count). The number of thiazole rings is 5. The Morgan fingerprint density at radius 3 is 1.03 bits per heavy atom. The molecule has 0 aliphatic rings. The highest BCUT2D eigenvalue weighted by Gasteiger charge is 2.22. The summed E-state index contributed by atoms with van der Waals surface area (Å²) >= 11 is 13.5. The number of carbonyl (C=O) groups excluding carboxylic acids is 2. The summed E-state index contributed by atoms with van der Waals surface area (Å²) in [5.41, 5.74) is 7.17. The molecule has 0 spiro atoms. The van der Waals surface area contributed by atoms with Crippen LogP contribution in [0.5, 0.6) is 57.5 Å². The number of hydrogen-bond acceptors (Lipinski definition) is 25. The summed E-state index contributed by atoms with van der Waals surface area (Å²) in [6.07, 6.45) is 0.134. The van der Waals surface area contributed by atoms with Crippen LogP contribution in [0.1, 0.15) is 94.7 Å². The second-order valence-electron chi connectivity index (χ2n) is 21.6. The Bertz CT molecular complexity index is 4270. The molecule has 20 nitrogen and oxygen atoms in total. The average molecular weight is 1570 g/mol. The van der Waals surface area contributed by atoms with Crippen LogP contribution >= 0.6 is 68.3 Å². The number of aryl methyl sites for hydroxylation is 5. The molecule has 0 amide bonds. The first-order chi connectivity index (χ1) is 50.6. The molecule has 566 valence electrons. The number of benzene rings is 5. The minimum absolute atomic E-state index is 0.000669. The fourth-order valence-electron chi connectivity index (χ4n) is 9.42. The first-order valence-corrected chi connectivity index (χ1v) is 36.9. The zero-order valence-corrected chi connectivity index (χ0v) is 65.0. The van der Waals surface area contributed by atoms with E-state index >= 15 is 0 Å². The highest BCUT2D eigenvalue weighted by atomic mass is 35.5. The monoisotopic (exact) mass is 1570 g/mol. The molecule has 2 unspecified atom stereocenters. The molecule has 0 aliphatic heterocycles. The fraction of sp³-hybridized carbons (Fsp3) is 0.365. The van der Waals surface area contributed by atoms with Crippen molar-refractivity contribution in [2.24, 2.45) is 0 Å². The van der Waals surface area contributed by atoms with Crippen molar-refractivity contribution in [2.75, 3.05) is 109 Å². The summed E-state index contributed by atoms with van der Waals surface area (Å²) in [6.45, 7) is 12.1. The van der Waals surface area contributed by atoms with Crippen molar-refractivity contribution in [3.05, 3.63) is 144 Å². The molecule has 5 aromatic heterocycles. The number of rotatable bonds is 31. The van der Waals surface area contributed by atoms with Gasteiger partial charge in [-0.15, -0.1) is 68.3 Å². The number of hydrogen-bond donors (Lipinski definition) is 2. The quantitative estimate of drug-likeness (QED) is 0.0178. The van der Waals surface area contributed by atoms with Crippen molar-refractivity contribution in [3.63, 3.8) is 0 Å². The molecule has 0 bridgehead atoms. The summed E-state index contributed by atoms with van der Waals surface area (Å²) in [5, 5.41) is 22.6. The van der Waals surface area contributed by atoms with Gasteiger partial charge >= 0.3 is 5.97 Å². The molecular weight excluding hydrogens is 1490 g/mol. The lowest BCUT2D eigenvalue weighted by molar-refractivity contribution is 0.0519. The molecule has 5 aromatic carbocycles. The van der Waals surface area contributed by atoms with Gasteiger partial charge in [0.2, 0.25) is 0 Å². The molecule has 2 N–H and O–H groups in total. The minimum atomic E-state index is -0.601. The van der Waals surface area contributed by atoms with Gasteiger partial charge in [0.1, 0.15) is 97.1 Å². The highest BCUT2D eigenvalue weighted by Crippen LogP contribution is 2.42. The van der Waals surface area contributed by atoms with Gasteiger partial charge in [-0.2, -0.15) is 0 Å². The second-order valence-corrected chi connectivity index (χ2v) is 28.3. The maximum atomic E-state index is 12.3. The van der Waals surface area contributed by atoms with Gasteiger partial charge in [0.05, 0.1) is 77.3 Å². The van der Waals surface area contributed by atoms with E-state index in [9.17, 15) is 41.8 Å². The first kappa shape index (κ1) is 85.2. The van der Waals surface area contributed by atoms with E-state index in [1.165, 1.54) is 73.8 Å². The molecule has 2 atom stereocenters. The maximum absolute atomic E-state index is 12.3. The van der Waals surface area contributed by atoms with E-state index in [1.54, 1.807) is 86.9 Å². The summed E-state index contributed by atoms with van der Waals surface area (Å²) in [4.78, 5) is 49.4. The fourth-order valence-corrected chi connectivity index (χ4v) is 14.4. The molecule has 0 fully saturated rings. The number of aldehydes is 1. The third-order valence-electron chi connectivity index (χ3n) is 14.4. The maximum Gasteiger partial charge on any atom is 0.358 e.